The number of piperazine rings is 1. The lowest BCUT2D eigenvalue weighted by Gasteiger charge is -2.32. The number of aromatic nitrogens is 4. The molecule has 8 heteroatoms. The lowest BCUT2D eigenvalue weighted by atomic mass is 10.2. The van der Waals surface area contributed by atoms with E-state index in [9.17, 15) is 4.79 Å². The van der Waals surface area contributed by atoms with Crippen LogP contribution in [-0.2, 0) is 6.54 Å². The van der Waals surface area contributed by atoms with Crippen molar-refractivity contribution in [3.63, 3.8) is 0 Å². The number of rotatable bonds is 3. The molecule has 3 heterocycles. The summed E-state index contributed by atoms with van der Waals surface area (Å²) in [5.41, 5.74) is 1.82. The van der Waals surface area contributed by atoms with E-state index in [1.54, 1.807) is 4.57 Å². The van der Waals surface area contributed by atoms with Gasteiger partial charge in [0, 0.05) is 30.7 Å². The van der Waals surface area contributed by atoms with Crippen LogP contribution in [0.25, 0.3) is 16.7 Å². The van der Waals surface area contributed by atoms with Crippen molar-refractivity contribution in [1.82, 2.24) is 24.1 Å². The fourth-order valence-electron chi connectivity index (χ4n) is 3.89. The monoisotopic (exact) mass is 452 g/mol. The third-order valence-electron chi connectivity index (χ3n) is 5.52. The van der Waals surface area contributed by atoms with E-state index < -0.39 is 0 Å². The number of halogens is 1. The van der Waals surface area contributed by atoms with E-state index >= 15 is 0 Å². The summed E-state index contributed by atoms with van der Waals surface area (Å²) < 4.78 is 4.62. The number of fused-ring (bicyclic) bond motifs is 3. The van der Waals surface area contributed by atoms with Gasteiger partial charge in [0.1, 0.15) is 0 Å². The highest BCUT2D eigenvalue weighted by Gasteiger charge is 2.23. The minimum absolute atomic E-state index is 0.0602. The summed E-state index contributed by atoms with van der Waals surface area (Å²) in [7, 11) is 2.13. The van der Waals surface area contributed by atoms with Crippen molar-refractivity contribution >= 4 is 38.6 Å². The largest absolute Gasteiger partial charge is 0.338 e. The molecule has 148 valence electrons. The maximum atomic E-state index is 13.4. The minimum atomic E-state index is -0.0602. The van der Waals surface area contributed by atoms with Crippen LogP contribution >= 0.6 is 15.9 Å². The molecule has 0 saturated carbocycles. The van der Waals surface area contributed by atoms with Gasteiger partial charge in [0.2, 0.25) is 11.7 Å². The highest BCUT2D eigenvalue weighted by molar-refractivity contribution is 9.10. The van der Waals surface area contributed by atoms with Gasteiger partial charge in [-0.1, -0.05) is 46.3 Å². The van der Waals surface area contributed by atoms with Crippen LogP contribution < -0.4 is 10.5 Å². The Bertz CT molecular complexity index is 1240. The summed E-state index contributed by atoms with van der Waals surface area (Å²) in [5, 5.41) is 9.61. The summed E-state index contributed by atoms with van der Waals surface area (Å²) >= 11 is 3.51. The van der Waals surface area contributed by atoms with Crippen LogP contribution in [0.3, 0.4) is 0 Å². The van der Waals surface area contributed by atoms with Crippen molar-refractivity contribution in [2.24, 2.45) is 0 Å². The van der Waals surface area contributed by atoms with Crippen molar-refractivity contribution < 1.29 is 0 Å². The summed E-state index contributed by atoms with van der Waals surface area (Å²) in [6.45, 7) is 4.16. The standard InChI is InChI=1S/C21H21BrN6O/c1-25-9-11-26(12-10-25)20-23-24-21-27(14-15-5-3-2-4-6-15)19(29)17-13-16(22)7-8-18(17)28(20)21/h2-8,13H,9-12,14H2,1H3. The lowest BCUT2D eigenvalue weighted by molar-refractivity contribution is 0.311. The Hall–Kier alpha value is -2.71. The van der Waals surface area contributed by atoms with Crippen LogP contribution in [0.4, 0.5) is 5.95 Å². The highest BCUT2D eigenvalue weighted by Crippen LogP contribution is 2.23. The minimum Gasteiger partial charge on any atom is -0.338 e. The van der Waals surface area contributed by atoms with Gasteiger partial charge < -0.3 is 9.80 Å². The van der Waals surface area contributed by atoms with E-state index in [2.05, 4.69) is 43.0 Å². The number of hydrogen-bond donors (Lipinski definition) is 0. The molecule has 0 amide bonds. The predicted octanol–water partition coefficient (Wildman–Crippen LogP) is 2.61. The lowest BCUT2D eigenvalue weighted by Crippen LogP contribution is -2.45. The molecule has 1 fully saturated rings. The summed E-state index contributed by atoms with van der Waals surface area (Å²) in [5.74, 6) is 1.37. The zero-order valence-corrected chi connectivity index (χ0v) is 17.7. The van der Waals surface area contributed by atoms with Crippen LogP contribution in [0.1, 0.15) is 5.56 Å². The topological polar surface area (TPSA) is 58.7 Å². The van der Waals surface area contributed by atoms with Crippen LogP contribution in [-0.4, -0.2) is 57.3 Å². The molecule has 0 spiro atoms. The second kappa shape index (κ2) is 7.27. The summed E-state index contributed by atoms with van der Waals surface area (Å²) in [6.07, 6.45) is 0. The molecular weight excluding hydrogens is 432 g/mol. The molecule has 29 heavy (non-hydrogen) atoms. The maximum Gasteiger partial charge on any atom is 0.263 e. The first-order valence-corrected chi connectivity index (χ1v) is 10.5. The van der Waals surface area contributed by atoms with E-state index in [0.29, 0.717) is 17.7 Å². The van der Waals surface area contributed by atoms with Gasteiger partial charge in [-0.2, -0.15) is 0 Å². The molecule has 0 N–H and O–H groups in total. The molecule has 4 aromatic rings. The molecule has 7 nitrogen and oxygen atoms in total. The molecule has 0 unspecified atom stereocenters. The molecule has 0 atom stereocenters. The highest BCUT2D eigenvalue weighted by atomic mass is 79.9. The van der Waals surface area contributed by atoms with Crippen molar-refractivity contribution in [3.05, 3.63) is 68.9 Å². The van der Waals surface area contributed by atoms with E-state index in [1.165, 1.54) is 0 Å². The third kappa shape index (κ3) is 3.22. The van der Waals surface area contributed by atoms with Gasteiger partial charge in [-0.3, -0.25) is 9.36 Å². The zero-order valence-electron chi connectivity index (χ0n) is 16.1. The fraction of sp³-hybridized carbons (Fsp3) is 0.286. The van der Waals surface area contributed by atoms with Gasteiger partial charge in [0.25, 0.3) is 5.56 Å². The molecule has 1 saturated heterocycles. The summed E-state index contributed by atoms with van der Waals surface area (Å²) in [4.78, 5) is 17.9. The van der Waals surface area contributed by atoms with Crippen LogP contribution in [0.15, 0.2) is 57.8 Å². The van der Waals surface area contributed by atoms with Crippen molar-refractivity contribution in [2.75, 3.05) is 38.1 Å². The third-order valence-corrected chi connectivity index (χ3v) is 6.01. The fourth-order valence-corrected chi connectivity index (χ4v) is 4.25. The van der Waals surface area contributed by atoms with E-state index in [-0.39, 0.29) is 5.56 Å². The average molecular weight is 453 g/mol. The molecule has 2 aromatic heterocycles. The number of anilines is 1. The molecule has 1 aliphatic rings. The molecule has 0 aliphatic carbocycles. The quantitative estimate of drug-likeness (QED) is 0.478. The Morgan fingerprint density at radius 3 is 2.52 bits per heavy atom. The van der Waals surface area contributed by atoms with E-state index in [1.807, 2.05) is 52.9 Å². The second-order valence-corrected chi connectivity index (χ2v) is 8.38. The molecular formula is C21H21BrN6O. The summed E-state index contributed by atoms with van der Waals surface area (Å²) in [6, 6.07) is 15.8. The van der Waals surface area contributed by atoms with E-state index in [4.69, 9.17) is 0 Å². The van der Waals surface area contributed by atoms with Crippen LogP contribution in [0, 0.1) is 0 Å². The van der Waals surface area contributed by atoms with Gasteiger partial charge in [0.15, 0.2) is 0 Å². The number of hydrogen-bond acceptors (Lipinski definition) is 5. The first-order valence-electron chi connectivity index (χ1n) is 9.66. The molecule has 5 rings (SSSR count). The SMILES string of the molecule is CN1CCN(c2nnc3n(Cc4ccccc4)c(=O)c4cc(Br)ccc4n23)CC1. The Kier molecular flexibility index (Phi) is 4.60. The second-order valence-electron chi connectivity index (χ2n) is 7.46. The Morgan fingerprint density at radius 2 is 1.76 bits per heavy atom. The van der Waals surface area contributed by atoms with Crippen molar-refractivity contribution in [2.45, 2.75) is 6.54 Å². The van der Waals surface area contributed by atoms with E-state index in [0.717, 1.165) is 47.7 Å². The van der Waals surface area contributed by atoms with Crippen molar-refractivity contribution in [1.29, 1.82) is 0 Å². The normalized spacial score (nSPS) is 15.4. The first kappa shape index (κ1) is 18.3. The maximum absolute atomic E-state index is 13.4. The number of nitrogens with zero attached hydrogens (tertiary/aromatic N) is 6. The molecule has 0 bridgehead atoms. The molecule has 1 aliphatic heterocycles. The number of benzene rings is 2. The number of likely N-dealkylation sites (N-methyl/N-ethyl adjacent to an activating group) is 1. The predicted molar refractivity (Wildman–Crippen MR) is 118 cm³/mol. The van der Waals surface area contributed by atoms with Gasteiger partial charge in [-0.05, 0) is 30.8 Å². The van der Waals surface area contributed by atoms with Gasteiger partial charge in [-0.25, -0.2) is 4.40 Å². The smallest absolute Gasteiger partial charge is 0.263 e. The van der Waals surface area contributed by atoms with Gasteiger partial charge in [-0.15, -0.1) is 10.2 Å². The first-order chi connectivity index (χ1) is 14.1. The molecule has 0 radical (unpaired) electrons. The van der Waals surface area contributed by atoms with Crippen molar-refractivity contribution in [3.8, 4) is 0 Å². The van der Waals surface area contributed by atoms with Gasteiger partial charge >= 0.3 is 0 Å². The Balaban J connectivity index is 1.75. The molecule has 2 aromatic carbocycles. The zero-order chi connectivity index (χ0) is 20.0. The Morgan fingerprint density at radius 1 is 1.00 bits per heavy atom. The van der Waals surface area contributed by atoms with Crippen LogP contribution in [0.2, 0.25) is 0 Å². The van der Waals surface area contributed by atoms with Crippen LogP contribution in [0.5, 0.6) is 0 Å². The Labute approximate surface area is 176 Å². The average Bonchev–Trinajstić information content (AvgIpc) is 3.17. The van der Waals surface area contributed by atoms with Gasteiger partial charge in [0.05, 0.1) is 17.4 Å².